The molecule has 1 amide bonds. The molecule has 0 bridgehead atoms. The van der Waals surface area contributed by atoms with Crippen molar-refractivity contribution in [3.8, 4) is 5.75 Å². The van der Waals surface area contributed by atoms with Crippen LogP contribution in [0.5, 0.6) is 5.75 Å². The minimum Gasteiger partial charge on any atom is -0.497 e. The number of amides is 1. The van der Waals surface area contributed by atoms with Crippen molar-refractivity contribution in [3.05, 3.63) is 29.8 Å². The lowest BCUT2D eigenvalue weighted by Crippen LogP contribution is -2.28. The molecule has 1 aliphatic rings. The molecule has 1 aliphatic carbocycles. The van der Waals surface area contributed by atoms with E-state index in [2.05, 4.69) is 10.5 Å². The number of ether oxygens (including phenoxy) is 1. The van der Waals surface area contributed by atoms with E-state index in [1.54, 1.807) is 13.3 Å². The standard InChI is InChI=1S/C15H20N2O2/c1-19-14-9-5-6-12(10-14)11-16-17-15(18)13-7-3-2-4-8-13/h5-6,9-11,13H,2-4,7-8H2,1H3,(H,17,18)/b16-11-. The van der Waals surface area contributed by atoms with Crippen LogP contribution in [0, 0.1) is 5.92 Å². The molecule has 1 aromatic rings. The van der Waals surface area contributed by atoms with Crippen LogP contribution < -0.4 is 10.2 Å². The van der Waals surface area contributed by atoms with Gasteiger partial charge in [0.05, 0.1) is 13.3 Å². The first-order valence-electron chi connectivity index (χ1n) is 6.76. The molecule has 0 spiro atoms. The summed E-state index contributed by atoms with van der Waals surface area (Å²) >= 11 is 0. The number of carbonyl (C=O) groups excluding carboxylic acids is 1. The van der Waals surface area contributed by atoms with Crippen molar-refractivity contribution in [2.45, 2.75) is 32.1 Å². The van der Waals surface area contributed by atoms with Gasteiger partial charge in [-0.2, -0.15) is 5.10 Å². The van der Waals surface area contributed by atoms with E-state index < -0.39 is 0 Å². The SMILES string of the molecule is COc1cccc(/C=N\NC(=O)C2CCCCC2)c1. The van der Waals surface area contributed by atoms with Gasteiger partial charge in [-0.25, -0.2) is 5.43 Å². The Morgan fingerprint density at radius 3 is 2.89 bits per heavy atom. The predicted molar refractivity (Wildman–Crippen MR) is 75.3 cm³/mol. The fourth-order valence-electron chi connectivity index (χ4n) is 2.35. The largest absolute Gasteiger partial charge is 0.497 e. The van der Waals surface area contributed by atoms with Gasteiger partial charge in [0.1, 0.15) is 5.75 Å². The number of hydrogen-bond acceptors (Lipinski definition) is 3. The van der Waals surface area contributed by atoms with E-state index in [1.807, 2.05) is 24.3 Å². The Bertz CT molecular complexity index is 451. The van der Waals surface area contributed by atoms with Gasteiger partial charge in [-0.05, 0) is 30.5 Å². The van der Waals surface area contributed by atoms with Gasteiger partial charge in [-0.15, -0.1) is 0 Å². The van der Waals surface area contributed by atoms with Crippen LogP contribution in [0.2, 0.25) is 0 Å². The number of nitrogens with one attached hydrogen (secondary N) is 1. The van der Waals surface area contributed by atoms with Gasteiger partial charge in [0, 0.05) is 5.92 Å². The third-order valence-corrected chi connectivity index (χ3v) is 3.46. The van der Waals surface area contributed by atoms with E-state index in [0.29, 0.717) is 0 Å². The van der Waals surface area contributed by atoms with Crippen LogP contribution in [-0.4, -0.2) is 19.2 Å². The highest BCUT2D eigenvalue weighted by molar-refractivity contribution is 5.83. The van der Waals surface area contributed by atoms with Crippen LogP contribution in [0.15, 0.2) is 29.4 Å². The molecule has 1 aromatic carbocycles. The normalized spacial score (nSPS) is 16.5. The Hall–Kier alpha value is -1.84. The Labute approximate surface area is 113 Å². The van der Waals surface area contributed by atoms with Crippen LogP contribution in [0.1, 0.15) is 37.7 Å². The van der Waals surface area contributed by atoms with E-state index in [9.17, 15) is 4.79 Å². The quantitative estimate of drug-likeness (QED) is 0.668. The number of nitrogens with zero attached hydrogens (tertiary/aromatic N) is 1. The van der Waals surface area contributed by atoms with E-state index in [1.165, 1.54) is 6.42 Å². The van der Waals surface area contributed by atoms with Crippen LogP contribution in [0.3, 0.4) is 0 Å². The summed E-state index contributed by atoms with van der Waals surface area (Å²) in [6.45, 7) is 0. The van der Waals surface area contributed by atoms with Gasteiger partial charge in [-0.3, -0.25) is 4.79 Å². The summed E-state index contributed by atoms with van der Waals surface area (Å²) in [5.74, 6) is 0.956. The van der Waals surface area contributed by atoms with E-state index >= 15 is 0 Å². The Kier molecular flexibility index (Phi) is 4.95. The van der Waals surface area contributed by atoms with Crippen molar-refractivity contribution < 1.29 is 9.53 Å². The maximum Gasteiger partial charge on any atom is 0.243 e. The van der Waals surface area contributed by atoms with E-state index in [0.717, 1.165) is 37.0 Å². The second-order valence-electron chi connectivity index (χ2n) is 4.85. The molecular formula is C15H20N2O2. The molecule has 1 N–H and O–H groups in total. The van der Waals surface area contributed by atoms with Gasteiger partial charge in [0.25, 0.3) is 0 Å². The van der Waals surface area contributed by atoms with Gasteiger partial charge >= 0.3 is 0 Å². The Morgan fingerprint density at radius 1 is 1.37 bits per heavy atom. The number of carbonyl (C=O) groups is 1. The predicted octanol–water partition coefficient (Wildman–Crippen LogP) is 2.73. The minimum absolute atomic E-state index is 0.0406. The van der Waals surface area contributed by atoms with Crippen molar-refractivity contribution in [2.24, 2.45) is 11.0 Å². The molecule has 102 valence electrons. The first kappa shape index (κ1) is 13.6. The second kappa shape index (κ2) is 6.92. The second-order valence-corrected chi connectivity index (χ2v) is 4.85. The monoisotopic (exact) mass is 260 g/mol. The topological polar surface area (TPSA) is 50.7 Å². The summed E-state index contributed by atoms with van der Waals surface area (Å²) in [7, 11) is 1.63. The fourth-order valence-corrected chi connectivity index (χ4v) is 2.35. The first-order chi connectivity index (χ1) is 9.29. The molecular weight excluding hydrogens is 240 g/mol. The van der Waals surface area contributed by atoms with Crippen LogP contribution >= 0.6 is 0 Å². The molecule has 19 heavy (non-hydrogen) atoms. The zero-order valence-electron chi connectivity index (χ0n) is 11.3. The van der Waals surface area contributed by atoms with Crippen LogP contribution in [0.4, 0.5) is 0 Å². The summed E-state index contributed by atoms with van der Waals surface area (Å²) in [5, 5.41) is 4.01. The molecule has 4 nitrogen and oxygen atoms in total. The molecule has 0 heterocycles. The number of methoxy groups -OCH3 is 1. The average molecular weight is 260 g/mol. The highest BCUT2D eigenvalue weighted by Crippen LogP contribution is 2.23. The molecule has 4 heteroatoms. The maximum atomic E-state index is 11.9. The zero-order valence-corrected chi connectivity index (χ0v) is 11.3. The van der Waals surface area contributed by atoms with Crippen molar-refractivity contribution in [1.29, 1.82) is 0 Å². The molecule has 0 radical (unpaired) electrons. The number of hydrazone groups is 1. The zero-order chi connectivity index (χ0) is 13.5. The lowest BCUT2D eigenvalue weighted by Gasteiger charge is -2.19. The summed E-state index contributed by atoms with van der Waals surface area (Å²) in [6, 6.07) is 7.55. The molecule has 1 fully saturated rings. The third-order valence-electron chi connectivity index (χ3n) is 3.46. The molecule has 2 rings (SSSR count). The van der Waals surface area contributed by atoms with Crippen molar-refractivity contribution >= 4 is 12.1 Å². The fraction of sp³-hybridized carbons (Fsp3) is 0.467. The summed E-state index contributed by atoms with van der Waals surface area (Å²) in [6.07, 6.45) is 7.16. The Morgan fingerprint density at radius 2 is 2.16 bits per heavy atom. The third kappa shape index (κ3) is 4.09. The lowest BCUT2D eigenvalue weighted by molar-refractivity contribution is -0.125. The Balaban J connectivity index is 1.86. The summed E-state index contributed by atoms with van der Waals surface area (Å²) in [5.41, 5.74) is 3.53. The molecule has 0 unspecified atom stereocenters. The number of benzene rings is 1. The lowest BCUT2D eigenvalue weighted by atomic mass is 9.89. The highest BCUT2D eigenvalue weighted by atomic mass is 16.5. The van der Waals surface area contributed by atoms with Gasteiger partial charge < -0.3 is 4.74 Å². The van der Waals surface area contributed by atoms with Crippen molar-refractivity contribution in [1.82, 2.24) is 5.43 Å². The first-order valence-corrected chi connectivity index (χ1v) is 6.76. The van der Waals surface area contributed by atoms with Gasteiger partial charge in [0.2, 0.25) is 5.91 Å². The highest BCUT2D eigenvalue weighted by Gasteiger charge is 2.20. The van der Waals surface area contributed by atoms with Crippen molar-refractivity contribution in [2.75, 3.05) is 7.11 Å². The molecule has 0 aliphatic heterocycles. The smallest absolute Gasteiger partial charge is 0.243 e. The van der Waals surface area contributed by atoms with Crippen LogP contribution in [0.25, 0.3) is 0 Å². The van der Waals surface area contributed by atoms with E-state index in [4.69, 9.17) is 4.74 Å². The van der Waals surface area contributed by atoms with Crippen LogP contribution in [-0.2, 0) is 4.79 Å². The minimum atomic E-state index is 0.0406. The van der Waals surface area contributed by atoms with Crippen molar-refractivity contribution in [3.63, 3.8) is 0 Å². The van der Waals surface area contributed by atoms with Gasteiger partial charge in [0.15, 0.2) is 0 Å². The number of hydrogen-bond donors (Lipinski definition) is 1. The average Bonchev–Trinajstić information content (AvgIpc) is 2.48. The van der Waals surface area contributed by atoms with E-state index in [-0.39, 0.29) is 11.8 Å². The molecule has 1 saturated carbocycles. The maximum absolute atomic E-state index is 11.9. The molecule has 0 saturated heterocycles. The molecule has 0 aromatic heterocycles. The summed E-state index contributed by atoms with van der Waals surface area (Å²) in [4.78, 5) is 11.9. The van der Waals surface area contributed by atoms with Gasteiger partial charge in [-0.1, -0.05) is 31.4 Å². The molecule has 0 atom stereocenters. The summed E-state index contributed by atoms with van der Waals surface area (Å²) < 4.78 is 5.13. The number of rotatable bonds is 4.